The fraction of sp³-hybridized carbons (Fsp3) is 0.615. The first-order valence-electron chi connectivity index (χ1n) is 16.7. The second-order valence-corrected chi connectivity index (χ2v) is 13.5. The first-order valence-corrected chi connectivity index (χ1v) is 16.7. The molecular weight excluding hydrogens is 516 g/mol. The van der Waals surface area contributed by atoms with Gasteiger partial charge in [-0.15, -0.1) is 0 Å². The van der Waals surface area contributed by atoms with E-state index in [1.807, 2.05) is 0 Å². The van der Waals surface area contributed by atoms with Crippen LogP contribution in [0.3, 0.4) is 0 Å². The van der Waals surface area contributed by atoms with Crippen molar-refractivity contribution in [2.45, 2.75) is 133 Å². The van der Waals surface area contributed by atoms with E-state index in [1.54, 1.807) is 0 Å². The van der Waals surface area contributed by atoms with E-state index >= 15 is 0 Å². The molecule has 2 aromatic rings. The molecule has 0 radical (unpaired) electrons. The van der Waals surface area contributed by atoms with Crippen molar-refractivity contribution >= 4 is 17.3 Å². The molecule has 2 aromatic carbocycles. The van der Waals surface area contributed by atoms with Crippen LogP contribution in [-0.2, 0) is 22.4 Å². The second kappa shape index (κ2) is 16.9. The van der Waals surface area contributed by atoms with Crippen LogP contribution in [0.2, 0.25) is 0 Å². The van der Waals surface area contributed by atoms with Gasteiger partial charge in [0.2, 0.25) is 0 Å². The summed E-state index contributed by atoms with van der Waals surface area (Å²) in [7, 11) is 0. The summed E-state index contributed by atoms with van der Waals surface area (Å²) in [6.45, 7) is 21.0. The Balaban J connectivity index is 0.00000197. The van der Waals surface area contributed by atoms with Crippen molar-refractivity contribution in [1.82, 2.24) is 0 Å². The molecule has 1 aliphatic carbocycles. The Morgan fingerprint density at radius 2 is 1.57 bits per heavy atom. The van der Waals surface area contributed by atoms with Crippen LogP contribution in [0.4, 0.5) is 0 Å². The number of benzene rings is 2. The SMILES string of the molecule is CCC.CCCC(CC1CC(=O)c2c(C)c(-c3ccc(CC(C)C)cc3)cc(C(C)C)c2C1)C(CC)C(=O)CC(C)=O. The lowest BCUT2D eigenvalue weighted by Gasteiger charge is -2.33. The molecule has 0 fully saturated rings. The van der Waals surface area contributed by atoms with Crippen molar-refractivity contribution in [2.24, 2.45) is 23.7 Å². The molecule has 0 heterocycles. The van der Waals surface area contributed by atoms with E-state index in [4.69, 9.17) is 0 Å². The fourth-order valence-corrected chi connectivity index (χ4v) is 6.93. The summed E-state index contributed by atoms with van der Waals surface area (Å²) in [4.78, 5) is 38.4. The minimum Gasteiger partial charge on any atom is -0.300 e. The van der Waals surface area contributed by atoms with Crippen LogP contribution in [0.1, 0.15) is 146 Å². The highest BCUT2D eigenvalue weighted by Gasteiger charge is 2.34. The van der Waals surface area contributed by atoms with E-state index in [0.717, 1.165) is 49.7 Å². The Hall–Kier alpha value is -2.55. The zero-order chi connectivity index (χ0) is 31.6. The molecule has 3 atom stereocenters. The number of carbonyl (C=O) groups is 3. The summed E-state index contributed by atoms with van der Waals surface area (Å²) >= 11 is 0. The lowest BCUT2D eigenvalue weighted by molar-refractivity contribution is -0.129. The Labute approximate surface area is 257 Å². The maximum absolute atomic E-state index is 13.8. The average molecular weight is 575 g/mol. The summed E-state index contributed by atoms with van der Waals surface area (Å²) in [5.41, 5.74) is 8.24. The van der Waals surface area contributed by atoms with Gasteiger partial charge in [-0.1, -0.05) is 105 Å². The summed E-state index contributed by atoms with van der Waals surface area (Å²) in [6, 6.07) is 11.2. The average Bonchev–Trinajstić information content (AvgIpc) is 2.89. The lowest BCUT2D eigenvalue weighted by atomic mass is 9.70. The molecule has 0 spiro atoms. The molecular formula is C39H58O3. The lowest BCUT2D eigenvalue weighted by Crippen LogP contribution is -2.30. The van der Waals surface area contributed by atoms with Crippen LogP contribution in [0, 0.1) is 30.6 Å². The highest BCUT2D eigenvalue weighted by atomic mass is 16.1. The highest BCUT2D eigenvalue weighted by molar-refractivity contribution is 6.02. The zero-order valence-corrected chi connectivity index (χ0v) is 28.4. The second-order valence-electron chi connectivity index (χ2n) is 13.5. The molecule has 42 heavy (non-hydrogen) atoms. The molecule has 1 aliphatic rings. The largest absolute Gasteiger partial charge is 0.300 e. The predicted octanol–water partition coefficient (Wildman–Crippen LogP) is 10.5. The van der Waals surface area contributed by atoms with Gasteiger partial charge in [-0.2, -0.15) is 0 Å². The summed E-state index contributed by atoms with van der Waals surface area (Å²) in [5.74, 6) is 1.56. The Morgan fingerprint density at radius 1 is 0.952 bits per heavy atom. The van der Waals surface area contributed by atoms with Crippen molar-refractivity contribution < 1.29 is 14.4 Å². The van der Waals surface area contributed by atoms with Gasteiger partial charge in [-0.05, 0) is 96.6 Å². The van der Waals surface area contributed by atoms with Crippen molar-refractivity contribution in [3.8, 4) is 11.1 Å². The van der Waals surface area contributed by atoms with Crippen LogP contribution >= 0.6 is 0 Å². The molecule has 0 amide bonds. The first kappa shape index (κ1) is 35.6. The van der Waals surface area contributed by atoms with Crippen LogP contribution in [-0.4, -0.2) is 17.3 Å². The summed E-state index contributed by atoms with van der Waals surface area (Å²) in [5, 5.41) is 0. The quantitative estimate of drug-likeness (QED) is 0.224. The third-order valence-corrected chi connectivity index (χ3v) is 8.65. The third-order valence-electron chi connectivity index (χ3n) is 8.65. The Kier molecular flexibility index (Phi) is 14.4. The van der Waals surface area contributed by atoms with E-state index < -0.39 is 0 Å². The summed E-state index contributed by atoms with van der Waals surface area (Å²) in [6.07, 6.45) is 7.37. The molecule has 0 saturated heterocycles. The number of Topliss-reactive ketones (excluding diaryl/α,β-unsaturated/α-hetero) is 3. The van der Waals surface area contributed by atoms with Crippen molar-refractivity contribution in [1.29, 1.82) is 0 Å². The number of fused-ring (bicyclic) bond motifs is 1. The van der Waals surface area contributed by atoms with Crippen LogP contribution in [0.15, 0.2) is 30.3 Å². The zero-order valence-electron chi connectivity index (χ0n) is 28.4. The molecule has 0 saturated carbocycles. The Morgan fingerprint density at radius 3 is 2.07 bits per heavy atom. The maximum Gasteiger partial charge on any atom is 0.163 e. The van der Waals surface area contributed by atoms with E-state index in [9.17, 15) is 14.4 Å². The fourth-order valence-electron chi connectivity index (χ4n) is 6.93. The molecule has 0 aromatic heterocycles. The molecule has 0 N–H and O–H groups in total. The van der Waals surface area contributed by atoms with Gasteiger partial charge in [0.25, 0.3) is 0 Å². The normalized spacial score (nSPS) is 16.1. The van der Waals surface area contributed by atoms with Gasteiger partial charge in [0.15, 0.2) is 5.78 Å². The number of hydrogen-bond acceptors (Lipinski definition) is 3. The standard InChI is InChI=1S/C36H50O3.C3H8/c1-9-11-29(30(10-2)34(38)17-24(7)37)18-27-19-33-31(23(5)6)21-32(25(8)36(33)35(39)20-27)28-14-12-26(13-15-28)16-22(3)4;1-3-2/h12-15,21-23,27,29-30H,9-11,16-20H2,1-8H3;3H2,1-2H3. The van der Waals surface area contributed by atoms with Crippen LogP contribution < -0.4 is 0 Å². The van der Waals surface area contributed by atoms with Gasteiger partial charge in [-0.25, -0.2) is 0 Å². The third kappa shape index (κ3) is 9.48. The predicted molar refractivity (Wildman–Crippen MR) is 178 cm³/mol. The van der Waals surface area contributed by atoms with E-state index in [2.05, 4.69) is 92.6 Å². The van der Waals surface area contributed by atoms with Crippen molar-refractivity contribution in [2.75, 3.05) is 0 Å². The monoisotopic (exact) mass is 574 g/mol. The van der Waals surface area contributed by atoms with Crippen LogP contribution in [0.25, 0.3) is 11.1 Å². The van der Waals surface area contributed by atoms with Gasteiger partial charge >= 0.3 is 0 Å². The van der Waals surface area contributed by atoms with Crippen molar-refractivity contribution in [3.05, 3.63) is 58.1 Å². The number of hydrogen-bond donors (Lipinski definition) is 0. The molecule has 3 unspecified atom stereocenters. The molecule has 0 bridgehead atoms. The number of ketones is 3. The highest BCUT2D eigenvalue weighted by Crippen LogP contribution is 2.42. The van der Waals surface area contributed by atoms with Gasteiger partial charge in [0.1, 0.15) is 11.6 Å². The van der Waals surface area contributed by atoms with Gasteiger partial charge in [0.05, 0.1) is 6.42 Å². The minimum absolute atomic E-state index is 0.0308. The van der Waals surface area contributed by atoms with Gasteiger partial charge in [0, 0.05) is 17.9 Å². The van der Waals surface area contributed by atoms with E-state index in [0.29, 0.717) is 18.3 Å². The molecule has 232 valence electrons. The van der Waals surface area contributed by atoms with E-state index in [-0.39, 0.29) is 41.5 Å². The van der Waals surface area contributed by atoms with Gasteiger partial charge < -0.3 is 0 Å². The number of rotatable bonds is 13. The molecule has 3 rings (SSSR count). The van der Waals surface area contributed by atoms with Gasteiger partial charge in [-0.3, -0.25) is 14.4 Å². The smallest absolute Gasteiger partial charge is 0.163 e. The van der Waals surface area contributed by atoms with Crippen LogP contribution in [0.5, 0.6) is 0 Å². The Bertz CT molecular complexity index is 1190. The summed E-state index contributed by atoms with van der Waals surface area (Å²) < 4.78 is 0. The molecule has 0 aliphatic heterocycles. The number of carbonyl (C=O) groups excluding carboxylic acids is 3. The maximum atomic E-state index is 13.8. The minimum atomic E-state index is -0.0994. The molecule has 3 heteroatoms. The first-order chi connectivity index (χ1) is 19.9. The molecule has 3 nitrogen and oxygen atoms in total. The van der Waals surface area contributed by atoms with Crippen molar-refractivity contribution in [3.63, 3.8) is 0 Å². The van der Waals surface area contributed by atoms with E-state index in [1.165, 1.54) is 41.2 Å². The topological polar surface area (TPSA) is 51.2 Å².